The number of fused-ring (bicyclic) bond motifs is 4. The van der Waals surface area contributed by atoms with Gasteiger partial charge in [-0.15, -0.1) is 0 Å². The monoisotopic (exact) mass is 604 g/mol. The molecule has 0 saturated carbocycles. The number of amides is 1. The molecule has 4 aliphatic rings. The lowest BCUT2D eigenvalue weighted by atomic mass is 9.58. The van der Waals surface area contributed by atoms with Gasteiger partial charge in [0.05, 0.1) is 11.6 Å². The Balaban J connectivity index is 1.53. The van der Waals surface area contributed by atoms with Crippen molar-refractivity contribution in [3.63, 3.8) is 0 Å². The Bertz CT molecular complexity index is 1670. The summed E-state index contributed by atoms with van der Waals surface area (Å²) in [6.45, 7) is 2.73. The minimum atomic E-state index is -2.66. The molecule has 0 aromatic heterocycles. The quantitative estimate of drug-likeness (QED) is 0.320. The highest BCUT2D eigenvalue weighted by Gasteiger charge is 2.63. The molecule has 0 spiro atoms. The summed E-state index contributed by atoms with van der Waals surface area (Å²) in [4.78, 5) is 46.0. The lowest BCUT2D eigenvalue weighted by molar-refractivity contribution is -0.148. The zero-order valence-corrected chi connectivity index (χ0v) is 25.6. The molecule has 1 heterocycles. The Labute approximate surface area is 255 Å². The summed E-state index contributed by atoms with van der Waals surface area (Å²) in [5.41, 5.74) is 4.21. The van der Waals surface area contributed by atoms with Crippen LogP contribution in [-0.4, -0.2) is 101 Å². The van der Waals surface area contributed by atoms with Crippen molar-refractivity contribution in [3.05, 3.63) is 57.6 Å². The van der Waals surface area contributed by atoms with Crippen molar-refractivity contribution in [1.29, 1.82) is 0 Å². The van der Waals surface area contributed by atoms with Crippen molar-refractivity contribution in [2.24, 2.45) is 17.6 Å². The van der Waals surface area contributed by atoms with Crippen LogP contribution in [0.3, 0.4) is 0 Å². The first-order chi connectivity index (χ1) is 20.8. The molecule has 4 atom stereocenters. The number of aliphatic hydroxyl groups excluding tert-OH is 2. The molecule has 1 amide bonds. The summed E-state index contributed by atoms with van der Waals surface area (Å²) >= 11 is 0. The number of carbonyl (C=O) groups excluding carboxylic acids is 3. The number of likely N-dealkylation sites (N-methyl/N-ethyl adjacent to an activating group) is 1. The Hall–Kier alpha value is -3.93. The predicted octanol–water partition coefficient (Wildman–Crippen LogP) is 2.33. The summed E-state index contributed by atoms with van der Waals surface area (Å²) in [5, 5.41) is 47.5. The van der Waals surface area contributed by atoms with Gasteiger partial charge in [0, 0.05) is 48.6 Å². The molecule has 1 fully saturated rings. The number of hydrogen-bond acceptors (Lipinski definition) is 10. The van der Waals surface area contributed by atoms with E-state index in [1.807, 2.05) is 31.1 Å². The minimum Gasteiger partial charge on any atom is -0.510 e. The topological polar surface area (TPSA) is 168 Å². The van der Waals surface area contributed by atoms with Gasteiger partial charge in [-0.05, 0) is 76.0 Å². The van der Waals surface area contributed by atoms with Crippen LogP contribution in [0.1, 0.15) is 47.2 Å². The van der Waals surface area contributed by atoms with Crippen molar-refractivity contribution in [1.82, 2.24) is 9.80 Å². The number of hydrogen-bond donors (Lipinski definition) is 5. The summed E-state index contributed by atoms with van der Waals surface area (Å²) in [5.74, 6) is -6.52. The minimum absolute atomic E-state index is 0.0251. The first-order valence-corrected chi connectivity index (χ1v) is 15.1. The molecular weight excluding hydrogens is 564 g/mol. The number of likely N-dealkylation sites (tertiary alicyclic amines) is 1. The van der Waals surface area contributed by atoms with Gasteiger partial charge in [0.25, 0.3) is 5.91 Å². The number of phenolic OH excluding ortho intramolecular Hbond substituents is 1. The molecule has 1 saturated heterocycles. The molecule has 0 radical (unpaired) electrons. The van der Waals surface area contributed by atoms with E-state index in [2.05, 4.69) is 11.0 Å². The van der Waals surface area contributed by atoms with E-state index in [9.17, 15) is 34.8 Å². The van der Waals surface area contributed by atoms with E-state index >= 15 is 0 Å². The predicted molar refractivity (Wildman–Crippen MR) is 165 cm³/mol. The number of piperidine rings is 1. The number of ketones is 2. The average Bonchev–Trinajstić information content (AvgIpc) is 2.95. The van der Waals surface area contributed by atoms with Crippen LogP contribution in [0.2, 0.25) is 0 Å². The van der Waals surface area contributed by atoms with Gasteiger partial charge in [0.1, 0.15) is 22.8 Å². The second-order valence-corrected chi connectivity index (χ2v) is 13.1. The van der Waals surface area contributed by atoms with Gasteiger partial charge >= 0.3 is 0 Å². The Morgan fingerprint density at radius 1 is 1.05 bits per heavy atom. The molecule has 234 valence electrons. The van der Waals surface area contributed by atoms with Gasteiger partial charge < -0.3 is 31.1 Å². The fourth-order valence-electron chi connectivity index (χ4n) is 8.13. The number of Topliss-reactive ketones (excluding diaryl/α,β-unsaturated/α-hetero) is 2. The van der Waals surface area contributed by atoms with Crippen molar-refractivity contribution in [3.8, 4) is 5.75 Å². The number of benzene rings is 2. The van der Waals surface area contributed by atoms with Crippen molar-refractivity contribution in [2.75, 3.05) is 46.2 Å². The maximum absolute atomic E-state index is 14.3. The van der Waals surface area contributed by atoms with Crippen LogP contribution in [0.25, 0.3) is 10.8 Å². The van der Waals surface area contributed by atoms with Gasteiger partial charge in [0.2, 0.25) is 5.78 Å². The van der Waals surface area contributed by atoms with Crippen LogP contribution in [0.15, 0.2) is 40.9 Å². The largest absolute Gasteiger partial charge is 0.510 e. The van der Waals surface area contributed by atoms with Crippen LogP contribution in [0, 0.1) is 11.8 Å². The molecular formula is C33H40N4O7. The molecule has 2 aromatic carbocycles. The maximum Gasteiger partial charge on any atom is 0.255 e. The van der Waals surface area contributed by atoms with Crippen molar-refractivity contribution < 1.29 is 34.8 Å². The Morgan fingerprint density at radius 3 is 2.34 bits per heavy atom. The highest BCUT2D eigenvalue weighted by atomic mass is 16.3. The Kier molecular flexibility index (Phi) is 7.26. The second-order valence-electron chi connectivity index (χ2n) is 13.1. The number of carbonyl (C=O) groups is 3. The lowest BCUT2D eigenvalue weighted by Gasteiger charge is -2.50. The van der Waals surface area contributed by atoms with Gasteiger partial charge in [-0.1, -0.05) is 18.6 Å². The van der Waals surface area contributed by atoms with Crippen molar-refractivity contribution in [2.45, 2.75) is 50.3 Å². The number of anilines is 1. The van der Waals surface area contributed by atoms with Crippen LogP contribution in [0.5, 0.6) is 5.75 Å². The maximum atomic E-state index is 14.3. The lowest BCUT2D eigenvalue weighted by Crippen LogP contribution is -2.63. The van der Waals surface area contributed by atoms with E-state index in [0.717, 1.165) is 49.1 Å². The SMILES string of the molecule is CN(C)c1c2c(c(O)c3cc(CN4CCCCC4)ccc13)C(=O)C1=C(O)[C@]3(O)C(=O)C(C(N)=O)=C(O)[C@@H](N(C)C)[C@@H]3C[C@@H]1C2. The van der Waals surface area contributed by atoms with E-state index in [1.54, 1.807) is 19.0 Å². The third kappa shape index (κ3) is 4.24. The Morgan fingerprint density at radius 2 is 1.73 bits per heavy atom. The van der Waals surface area contributed by atoms with E-state index in [-0.39, 0.29) is 29.7 Å². The summed E-state index contributed by atoms with van der Waals surface area (Å²) in [6, 6.07) is 4.91. The highest BCUT2D eigenvalue weighted by Crippen LogP contribution is 2.54. The summed E-state index contributed by atoms with van der Waals surface area (Å²) < 4.78 is 0. The molecule has 0 bridgehead atoms. The third-order valence-electron chi connectivity index (χ3n) is 10.0. The van der Waals surface area contributed by atoms with Gasteiger partial charge in [-0.2, -0.15) is 0 Å². The molecule has 6 rings (SSSR count). The third-order valence-corrected chi connectivity index (χ3v) is 10.0. The number of nitrogens with zero attached hydrogens (tertiary/aromatic N) is 3. The molecule has 11 heteroatoms. The van der Waals surface area contributed by atoms with Gasteiger partial charge in [-0.25, -0.2) is 0 Å². The number of allylic oxidation sites excluding steroid dienone is 1. The van der Waals surface area contributed by atoms with E-state index < -0.39 is 58.0 Å². The van der Waals surface area contributed by atoms with Gasteiger partial charge in [-0.3, -0.25) is 24.2 Å². The van der Waals surface area contributed by atoms with E-state index in [4.69, 9.17) is 5.73 Å². The van der Waals surface area contributed by atoms with Crippen LogP contribution >= 0.6 is 0 Å². The zero-order valence-electron chi connectivity index (χ0n) is 25.6. The van der Waals surface area contributed by atoms with Crippen LogP contribution < -0.4 is 10.6 Å². The number of aliphatic hydroxyl groups is 3. The fraction of sp³-hybridized carbons (Fsp3) is 0.485. The number of nitrogens with two attached hydrogens (primary N) is 1. The summed E-state index contributed by atoms with van der Waals surface area (Å²) in [6.07, 6.45) is 3.80. The molecule has 3 aliphatic carbocycles. The zero-order chi connectivity index (χ0) is 31.8. The first-order valence-electron chi connectivity index (χ1n) is 15.1. The number of rotatable bonds is 5. The molecule has 2 aromatic rings. The van der Waals surface area contributed by atoms with E-state index in [1.165, 1.54) is 6.42 Å². The van der Waals surface area contributed by atoms with Crippen LogP contribution in [-0.2, 0) is 22.6 Å². The van der Waals surface area contributed by atoms with Crippen molar-refractivity contribution >= 4 is 33.9 Å². The van der Waals surface area contributed by atoms with Crippen LogP contribution in [0.4, 0.5) is 5.69 Å². The highest BCUT2D eigenvalue weighted by molar-refractivity contribution is 6.25. The molecule has 0 unspecified atom stereocenters. The molecule has 1 aliphatic heterocycles. The second kappa shape index (κ2) is 10.6. The average molecular weight is 605 g/mol. The summed E-state index contributed by atoms with van der Waals surface area (Å²) in [7, 11) is 6.97. The normalized spacial score (nSPS) is 27.5. The first kappa shape index (κ1) is 30.1. The molecule has 6 N–H and O–H groups in total. The number of aromatic hydroxyl groups is 1. The molecule has 44 heavy (non-hydrogen) atoms. The number of primary amides is 1. The fourth-order valence-corrected chi connectivity index (χ4v) is 8.13. The van der Waals surface area contributed by atoms with Gasteiger partial charge in [0.15, 0.2) is 11.4 Å². The number of phenols is 1. The smallest absolute Gasteiger partial charge is 0.255 e. The van der Waals surface area contributed by atoms with E-state index in [0.29, 0.717) is 10.9 Å². The molecule has 11 nitrogen and oxygen atoms in total. The standard InChI is InChI=1S/C33H40N4O7/c1-35(2)25-18-9-8-16(15-37-10-6-5-7-11-37)12-19(18)27(38)23-20(25)13-17-14-21-26(36(3)4)29(40)24(32(34)43)31(42)33(21,44)30(41)22(17)28(23)39/h8-9,12,17,21,26,38,40-41,44H,5-7,10-11,13-15H2,1-4H3,(H2,34,43)/t17-,21-,26-,33-/m0/s1.